The summed E-state index contributed by atoms with van der Waals surface area (Å²) < 4.78 is 6.46. The fourth-order valence-electron chi connectivity index (χ4n) is 1.47. The molecular weight excluding hydrogens is 326 g/mol. The van der Waals surface area contributed by atoms with Crippen molar-refractivity contribution in [2.45, 2.75) is 13.5 Å². The Balaban J connectivity index is 1.74. The van der Waals surface area contributed by atoms with E-state index in [4.69, 9.17) is 4.74 Å². The zero-order valence-corrected chi connectivity index (χ0v) is 12.9. The number of aryl methyl sites for hydroxylation is 1. The number of amides is 1. The molecular formula is C14H14BrNO2S. The first-order valence-electron chi connectivity index (χ1n) is 5.84. The third kappa shape index (κ3) is 4.69. The third-order valence-corrected chi connectivity index (χ3v) is 4.10. The molecule has 2 aromatic rings. The molecule has 0 saturated heterocycles. The summed E-state index contributed by atoms with van der Waals surface area (Å²) in [6, 6.07) is 11.6. The van der Waals surface area contributed by atoms with E-state index >= 15 is 0 Å². The fraction of sp³-hybridized carbons (Fsp3) is 0.214. The van der Waals surface area contributed by atoms with Crippen molar-refractivity contribution in [3.05, 3.63) is 50.6 Å². The number of carbonyl (C=O) groups is 1. The van der Waals surface area contributed by atoms with E-state index < -0.39 is 0 Å². The van der Waals surface area contributed by atoms with Gasteiger partial charge in [0.15, 0.2) is 6.61 Å². The van der Waals surface area contributed by atoms with Crippen LogP contribution >= 0.6 is 27.3 Å². The summed E-state index contributed by atoms with van der Waals surface area (Å²) in [5.74, 6) is 0.588. The molecule has 0 fully saturated rings. The van der Waals surface area contributed by atoms with Crippen LogP contribution in [0.15, 0.2) is 40.2 Å². The Kier molecular flexibility index (Phi) is 4.99. The molecule has 1 N–H and O–H groups in total. The van der Waals surface area contributed by atoms with E-state index in [1.54, 1.807) is 11.3 Å². The summed E-state index contributed by atoms with van der Waals surface area (Å²) in [4.78, 5) is 12.7. The minimum absolute atomic E-state index is 0.0373. The highest BCUT2D eigenvalue weighted by Crippen LogP contribution is 2.21. The van der Waals surface area contributed by atoms with Crippen LogP contribution in [-0.4, -0.2) is 12.5 Å². The lowest BCUT2D eigenvalue weighted by Gasteiger charge is -2.06. The van der Waals surface area contributed by atoms with E-state index in [1.807, 2.05) is 43.3 Å². The molecule has 0 spiro atoms. The molecule has 0 aliphatic rings. The van der Waals surface area contributed by atoms with Crippen molar-refractivity contribution in [1.29, 1.82) is 0 Å². The molecule has 2 rings (SSSR count). The minimum atomic E-state index is -0.120. The maximum atomic E-state index is 11.6. The van der Waals surface area contributed by atoms with E-state index in [2.05, 4.69) is 21.2 Å². The van der Waals surface area contributed by atoms with Crippen molar-refractivity contribution < 1.29 is 9.53 Å². The molecule has 0 unspecified atom stereocenters. The molecule has 100 valence electrons. The van der Waals surface area contributed by atoms with Gasteiger partial charge in [0.25, 0.3) is 5.91 Å². The molecule has 0 atom stereocenters. The molecule has 1 amide bonds. The number of benzene rings is 1. The van der Waals surface area contributed by atoms with Crippen LogP contribution in [0, 0.1) is 6.92 Å². The van der Waals surface area contributed by atoms with Gasteiger partial charge in [0.1, 0.15) is 5.75 Å². The molecule has 3 nitrogen and oxygen atoms in total. The van der Waals surface area contributed by atoms with Crippen molar-refractivity contribution in [2.75, 3.05) is 6.61 Å². The first kappa shape index (κ1) is 14.1. The quantitative estimate of drug-likeness (QED) is 0.905. The van der Waals surface area contributed by atoms with Crippen molar-refractivity contribution in [3.8, 4) is 5.75 Å². The SMILES string of the molecule is Cc1ccc(OCC(=O)NCc2ccc(Br)s2)cc1. The first-order chi connectivity index (χ1) is 9.13. The largest absolute Gasteiger partial charge is 0.484 e. The predicted octanol–water partition coefficient (Wildman–Crippen LogP) is 3.51. The molecule has 19 heavy (non-hydrogen) atoms. The summed E-state index contributed by atoms with van der Waals surface area (Å²) >= 11 is 4.99. The van der Waals surface area contributed by atoms with Crippen molar-refractivity contribution in [2.24, 2.45) is 0 Å². The number of rotatable bonds is 5. The van der Waals surface area contributed by atoms with Gasteiger partial charge in [0.05, 0.1) is 10.3 Å². The van der Waals surface area contributed by atoms with Gasteiger partial charge < -0.3 is 10.1 Å². The van der Waals surface area contributed by atoms with Gasteiger partial charge in [0.2, 0.25) is 0 Å². The number of nitrogens with one attached hydrogen (secondary N) is 1. The second-order valence-electron chi connectivity index (χ2n) is 4.08. The highest BCUT2D eigenvalue weighted by atomic mass is 79.9. The van der Waals surface area contributed by atoms with Gasteiger partial charge in [-0.15, -0.1) is 11.3 Å². The van der Waals surface area contributed by atoms with Crippen molar-refractivity contribution in [1.82, 2.24) is 5.32 Å². The van der Waals surface area contributed by atoms with E-state index in [-0.39, 0.29) is 12.5 Å². The van der Waals surface area contributed by atoms with Crippen molar-refractivity contribution >= 4 is 33.2 Å². The smallest absolute Gasteiger partial charge is 0.258 e. The minimum Gasteiger partial charge on any atom is -0.484 e. The first-order valence-corrected chi connectivity index (χ1v) is 7.45. The predicted molar refractivity (Wildman–Crippen MR) is 80.5 cm³/mol. The number of thiophene rings is 1. The standard InChI is InChI=1S/C14H14BrNO2S/c1-10-2-4-11(5-3-10)18-9-14(17)16-8-12-6-7-13(15)19-12/h2-7H,8-9H2,1H3,(H,16,17). The molecule has 1 heterocycles. The van der Waals surface area contributed by atoms with E-state index in [9.17, 15) is 4.79 Å². The lowest BCUT2D eigenvalue weighted by Crippen LogP contribution is -2.28. The Labute approximate surface area is 124 Å². The number of hydrogen-bond acceptors (Lipinski definition) is 3. The Bertz CT molecular complexity index is 551. The van der Waals surface area contributed by atoms with Gasteiger partial charge in [-0.3, -0.25) is 4.79 Å². The van der Waals surface area contributed by atoms with Gasteiger partial charge in [-0.05, 0) is 47.1 Å². The van der Waals surface area contributed by atoms with E-state index in [0.29, 0.717) is 12.3 Å². The molecule has 1 aromatic carbocycles. The molecule has 0 radical (unpaired) electrons. The van der Waals surface area contributed by atoms with Crippen LogP contribution in [0.2, 0.25) is 0 Å². The molecule has 0 aliphatic carbocycles. The molecule has 0 aliphatic heterocycles. The van der Waals surface area contributed by atoms with Crippen LogP contribution in [0.5, 0.6) is 5.75 Å². The lowest BCUT2D eigenvalue weighted by atomic mass is 10.2. The lowest BCUT2D eigenvalue weighted by molar-refractivity contribution is -0.123. The Hall–Kier alpha value is -1.33. The highest BCUT2D eigenvalue weighted by Gasteiger charge is 2.04. The van der Waals surface area contributed by atoms with Gasteiger partial charge >= 0.3 is 0 Å². The average Bonchev–Trinajstić information content (AvgIpc) is 2.81. The molecule has 0 bridgehead atoms. The molecule has 1 aromatic heterocycles. The number of hydrogen-bond donors (Lipinski definition) is 1. The maximum absolute atomic E-state index is 11.6. The highest BCUT2D eigenvalue weighted by molar-refractivity contribution is 9.11. The van der Waals surface area contributed by atoms with Crippen LogP contribution in [0.4, 0.5) is 0 Å². The van der Waals surface area contributed by atoms with Gasteiger partial charge in [0, 0.05) is 4.88 Å². The summed E-state index contributed by atoms with van der Waals surface area (Å²) in [6.45, 7) is 2.58. The Morgan fingerprint density at radius 2 is 2.00 bits per heavy atom. The number of carbonyl (C=O) groups excluding carboxylic acids is 1. The Morgan fingerprint density at radius 3 is 2.63 bits per heavy atom. The monoisotopic (exact) mass is 339 g/mol. The summed E-state index contributed by atoms with van der Waals surface area (Å²) in [5.41, 5.74) is 1.17. The third-order valence-electron chi connectivity index (χ3n) is 2.48. The van der Waals surface area contributed by atoms with Crippen LogP contribution in [0.25, 0.3) is 0 Å². The second kappa shape index (κ2) is 6.73. The topological polar surface area (TPSA) is 38.3 Å². The summed E-state index contributed by atoms with van der Waals surface area (Å²) in [5, 5.41) is 2.82. The fourth-order valence-corrected chi connectivity index (χ4v) is 2.89. The molecule has 0 saturated carbocycles. The second-order valence-corrected chi connectivity index (χ2v) is 6.63. The normalized spacial score (nSPS) is 10.2. The van der Waals surface area contributed by atoms with Crippen molar-refractivity contribution in [3.63, 3.8) is 0 Å². The van der Waals surface area contributed by atoms with E-state index in [1.165, 1.54) is 5.56 Å². The maximum Gasteiger partial charge on any atom is 0.258 e. The zero-order valence-electron chi connectivity index (χ0n) is 10.5. The van der Waals surface area contributed by atoms with Crippen LogP contribution in [0.3, 0.4) is 0 Å². The number of halogens is 1. The van der Waals surface area contributed by atoms with E-state index in [0.717, 1.165) is 8.66 Å². The van der Waals surface area contributed by atoms with Gasteiger partial charge in [-0.2, -0.15) is 0 Å². The van der Waals surface area contributed by atoms with Crippen LogP contribution in [-0.2, 0) is 11.3 Å². The van der Waals surface area contributed by atoms with Gasteiger partial charge in [-0.1, -0.05) is 17.7 Å². The number of ether oxygens (including phenoxy) is 1. The average molecular weight is 340 g/mol. The zero-order chi connectivity index (χ0) is 13.7. The molecule has 5 heteroatoms. The summed E-state index contributed by atoms with van der Waals surface area (Å²) in [7, 11) is 0. The van der Waals surface area contributed by atoms with Crippen LogP contribution < -0.4 is 10.1 Å². The Morgan fingerprint density at radius 1 is 1.26 bits per heavy atom. The van der Waals surface area contributed by atoms with Gasteiger partial charge in [-0.25, -0.2) is 0 Å². The van der Waals surface area contributed by atoms with Crippen LogP contribution in [0.1, 0.15) is 10.4 Å². The summed E-state index contributed by atoms with van der Waals surface area (Å²) in [6.07, 6.45) is 0.